The number of carbonyl (C=O) groups is 2. The molecule has 0 bridgehead atoms. The van der Waals surface area contributed by atoms with Gasteiger partial charge in [-0.15, -0.1) is 0 Å². The summed E-state index contributed by atoms with van der Waals surface area (Å²) in [4.78, 5) is 25.0. The lowest BCUT2D eigenvalue weighted by molar-refractivity contribution is -0.192. The number of anilines is 1. The van der Waals surface area contributed by atoms with E-state index in [2.05, 4.69) is 20.8 Å². The molecule has 1 fully saturated rings. The third kappa shape index (κ3) is 7.39. The Kier molecular flexibility index (Phi) is 7.51. The van der Waals surface area contributed by atoms with E-state index in [0.717, 1.165) is 24.8 Å². The minimum atomic E-state index is -5.08. The number of carboxylic acid groups (broad SMARTS) is 1. The van der Waals surface area contributed by atoms with Crippen LogP contribution in [0.4, 0.5) is 23.6 Å². The van der Waals surface area contributed by atoms with Crippen molar-refractivity contribution in [2.45, 2.75) is 37.9 Å². The van der Waals surface area contributed by atoms with Gasteiger partial charge in [-0.05, 0) is 37.0 Å². The van der Waals surface area contributed by atoms with Crippen molar-refractivity contribution in [2.24, 2.45) is 0 Å². The zero-order valence-electron chi connectivity index (χ0n) is 15.0. The number of benzene rings is 1. The van der Waals surface area contributed by atoms with Crippen molar-refractivity contribution in [3.63, 3.8) is 0 Å². The molecule has 2 aromatic rings. The zero-order valence-corrected chi connectivity index (χ0v) is 15.0. The average molecular weight is 418 g/mol. The second-order valence-corrected chi connectivity index (χ2v) is 6.11. The lowest BCUT2D eigenvalue weighted by Gasteiger charge is -2.12. The van der Waals surface area contributed by atoms with Gasteiger partial charge in [-0.25, -0.2) is 9.18 Å². The second kappa shape index (κ2) is 9.85. The van der Waals surface area contributed by atoms with Gasteiger partial charge in [0.05, 0.1) is 0 Å². The number of carbonyl (C=O) groups excluding carboxylic acids is 1. The van der Waals surface area contributed by atoms with Gasteiger partial charge < -0.3 is 20.3 Å². The molecule has 0 spiro atoms. The van der Waals surface area contributed by atoms with Crippen molar-refractivity contribution < 1.29 is 36.8 Å². The van der Waals surface area contributed by atoms with Crippen LogP contribution in [0.2, 0.25) is 0 Å². The van der Waals surface area contributed by atoms with Crippen molar-refractivity contribution in [1.29, 1.82) is 0 Å². The molecule has 3 N–H and O–H groups in total. The number of alkyl halides is 3. The van der Waals surface area contributed by atoms with Gasteiger partial charge in [0, 0.05) is 13.0 Å². The van der Waals surface area contributed by atoms with Crippen molar-refractivity contribution in [3.05, 3.63) is 41.5 Å². The summed E-state index contributed by atoms with van der Waals surface area (Å²) in [6.07, 6.45) is -1.96. The Morgan fingerprint density at radius 1 is 1.28 bits per heavy atom. The third-order valence-electron chi connectivity index (χ3n) is 3.82. The topological polar surface area (TPSA) is 117 Å². The van der Waals surface area contributed by atoms with Crippen molar-refractivity contribution >= 4 is 17.9 Å². The summed E-state index contributed by atoms with van der Waals surface area (Å²) in [5.41, 5.74) is 0.890. The number of aromatic nitrogens is 2. The Morgan fingerprint density at radius 3 is 2.55 bits per heavy atom. The van der Waals surface area contributed by atoms with Crippen LogP contribution >= 0.6 is 0 Å². The molecule has 3 rings (SSSR count). The molecule has 1 atom stereocenters. The predicted molar refractivity (Wildman–Crippen MR) is 91.5 cm³/mol. The van der Waals surface area contributed by atoms with Crippen LogP contribution in [-0.2, 0) is 16.0 Å². The quantitative estimate of drug-likeness (QED) is 0.653. The molecule has 1 aromatic carbocycles. The van der Waals surface area contributed by atoms with Gasteiger partial charge in [0.2, 0.25) is 5.91 Å². The SMILES string of the molecule is O=C(O)C(F)(F)F.O=C1NCCCCC1Nc1nc(Cc2ccc(F)cc2)no1. The zero-order chi connectivity index (χ0) is 21.4. The lowest BCUT2D eigenvalue weighted by Crippen LogP contribution is -2.37. The van der Waals surface area contributed by atoms with Gasteiger partial charge in [-0.3, -0.25) is 4.79 Å². The summed E-state index contributed by atoms with van der Waals surface area (Å²) < 4.78 is 49.7. The number of carboxylic acids is 1. The van der Waals surface area contributed by atoms with Crippen LogP contribution in [0.3, 0.4) is 0 Å². The summed E-state index contributed by atoms with van der Waals surface area (Å²) in [5.74, 6) is -2.59. The van der Waals surface area contributed by atoms with E-state index in [1.165, 1.54) is 12.1 Å². The van der Waals surface area contributed by atoms with Crippen LogP contribution in [0.25, 0.3) is 0 Å². The van der Waals surface area contributed by atoms with Gasteiger partial charge in [-0.1, -0.05) is 17.3 Å². The van der Waals surface area contributed by atoms with Gasteiger partial charge in [0.15, 0.2) is 5.82 Å². The van der Waals surface area contributed by atoms with Gasteiger partial charge in [0.25, 0.3) is 0 Å². The third-order valence-corrected chi connectivity index (χ3v) is 3.82. The van der Waals surface area contributed by atoms with Gasteiger partial charge in [-0.2, -0.15) is 18.2 Å². The van der Waals surface area contributed by atoms with Crippen LogP contribution in [0.15, 0.2) is 28.8 Å². The first-order valence-corrected chi connectivity index (χ1v) is 8.56. The standard InChI is InChI=1S/C15H17FN4O2.C2HF3O2/c16-11-6-4-10(5-7-11)9-13-19-15(22-20-13)18-12-3-1-2-8-17-14(12)21;3-2(4,5)1(6)7/h4-7,12H,1-3,8-9H2,(H,17,21)(H,18,19,20);(H,6,7). The molecule has 1 unspecified atom stereocenters. The molecule has 0 saturated carbocycles. The lowest BCUT2D eigenvalue weighted by atomic mass is 10.1. The Hall–Kier alpha value is -3.18. The fourth-order valence-electron chi connectivity index (χ4n) is 2.40. The summed E-state index contributed by atoms with van der Waals surface area (Å²) in [6.45, 7) is 0.705. The Balaban J connectivity index is 0.000000370. The van der Waals surface area contributed by atoms with E-state index in [1.807, 2.05) is 0 Å². The molecule has 158 valence electrons. The maximum absolute atomic E-state index is 12.9. The minimum absolute atomic E-state index is 0.0456. The average Bonchev–Trinajstić information content (AvgIpc) is 2.98. The second-order valence-electron chi connectivity index (χ2n) is 6.11. The van der Waals surface area contributed by atoms with E-state index in [4.69, 9.17) is 14.4 Å². The Labute approximate surface area is 162 Å². The largest absolute Gasteiger partial charge is 0.490 e. The number of rotatable bonds is 4. The Bertz CT molecular complexity index is 824. The number of amides is 1. The molecular formula is C17H18F4N4O4. The number of hydrogen-bond acceptors (Lipinski definition) is 6. The Morgan fingerprint density at radius 2 is 1.93 bits per heavy atom. The molecule has 2 heterocycles. The highest BCUT2D eigenvalue weighted by Gasteiger charge is 2.38. The van der Waals surface area contributed by atoms with Crippen LogP contribution in [-0.4, -0.2) is 45.9 Å². The maximum Gasteiger partial charge on any atom is 0.490 e. The van der Waals surface area contributed by atoms with Crippen LogP contribution in [0.1, 0.15) is 30.7 Å². The molecule has 1 saturated heterocycles. The van der Waals surface area contributed by atoms with Gasteiger partial charge in [0.1, 0.15) is 11.9 Å². The molecule has 0 radical (unpaired) electrons. The number of halogens is 4. The number of nitrogens with zero attached hydrogens (tertiary/aromatic N) is 2. The molecule has 1 aliphatic rings. The molecule has 12 heteroatoms. The first-order chi connectivity index (χ1) is 13.6. The van der Waals surface area contributed by atoms with E-state index in [-0.39, 0.29) is 23.8 Å². The first kappa shape index (κ1) is 22.1. The van der Waals surface area contributed by atoms with E-state index in [1.54, 1.807) is 12.1 Å². The van der Waals surface area contributed by atoms with Crippen LogP contribution in [0.5, 0.6) is 0 Å². The highest BCUT2D eigenvalue weighted by Crippen LogP contribution is 2.14. The molecule has 1 aromatic heterocycles. The molecular weight excluding hydrogens is 400 g/mol. The number of nitrogens with one attached hydrogen (secondary N) is 2. The van der Waals surface area contributed by atoms with Crippen LogP contribution < -0.4 is 10.6 Å². The van der Waals surface area contributed by atoms with E-state index in [0.29, 0.717) is 18.8 Å². The molecule has 1 amide bonds. The summed E-state index contributed by atoms with van der Waals surface area (Å²) >= 11 is 0. The van der Waals surface area contributed by atoms with E-state index < -0.39 is 12.1 Å². The fourth-order valence-corrected chi connectivity index (χ4v) is 2.40. The highest BCUT2D eigenvalue weighted by atomic mass is 19.4. The normalized spacial score (nSPS) is 16.8. The summed E-state index contributed by atoms with van der Waals surface area (Å²) in [7, 11) is 0. The van der Waals surface area contributed by atoms with Crippen LogP contribution in [0, 0.1) is 5.82 Å². The molecule has 8 nitrogen and oxygen atoms in total. The van der Waals surface area contributed by atoms with Gasteiger partial charge >= 0.3 is 18.2 Å². The number of aliphatic carboxylic acids is 1. The predicted octanol–water partition coefficient (Wildman–Crippen LogP) is 2.51. The maximum atomic E-state index is 12.9. The van der Waals surface area contributed by atoms with E-state index in [9.17, 15) is 22.4 Å². The monoisotopic (exact) mass is 418 g/mol. The number of hydrogen-bond donors (Lipinski definition) is 3. The fraction of sp³-hybridized carbons (Fsp3) is 0.412. The minimum Gasteiger partial charge on any atom is -0.475 e. The molecule has 1 aliphatic heterocycles. The summed E-state index contributed by atoms with van der Waals surface area (Å²) in [6, 6.07) is 6.03. The smallest absolute Gasteiger partial charge is 0.475 e. The summed E-state index contributed by atoms with van der Waals surface area (Å²) in [5, 5.41) is 16.8. The van der Waals surface area contributed by atoms with Crippen molar-refractivity contribution in [1.82, 2.24) is 15.5 Å². The molecule has 0 aliphatic carbocycles. The van der Waals surface area contributed by atoms with E-state index >= 15 is 0 Å². The highest BCUT2D eigenvalue weighted by molar-refractivity contribution is 5.84. The van der Waals surface area contributed by atoms with Crippen molar-refractivity contribution in [3.8, 4) is 0 Å². The first-order valence-electron chi connectivity index (χ1n) is 8.56. The van der Waals surface area contributed by atoms with Crippen molar-refractivity contribution in [2.75, 3.05) is 11.9 Å². The molecule has 29 heavy (non-hydrogen) atoms.